The molecule has 48 heavy (non-hydrogen) atoms. The third-order valence-electron chi connectivity index (χ3n) is 5.50. The molecule has 0 aromatic carbocycles. The molecule has 0 aliphatic rings. The van der Waals surface area contributed by atoms with Crippen molar-refractivity contribution in [1.82, 2.24) is 80.6 Å². The summed E-state index contributed by atoms with van der Waals surface area (Å²) in [6, 6.07) is 10.8. The van der Waals surface area contributed by atoms with Crippen LogP contribution in [0.2, 0.25) is 0 Å². The lowest BCUT2D eigenvalue weighted by Crippen LogP contribution is -2.07. The van der Waals surface area contributed by atoms with Gasteiger partial charge in [0, 0.05) is 24.8 Å². The van der Waals surface area contributed by atoms with Crippen LogP contribution in [0.1, 0.15) is 29.7 Å². The zero-order chi connectivity index (χ0) is 30.7. The number of aromatic nitrogens is 16. The second-order valence-corrected chi connectivity index (χ2v) is 8.00. The second-order valence-electron chi connectivity index (χ2n) is 8.00. The number of hydrogen-bond acceptors (Lipinski definition) is 16. The van der Waals surface area contributed by atoms with Crippen molar-refractivity contribution in [2.45, 2.75) is 29.7 Å². The molecule has 20 nitrogen and oxygen atoms in total. The number of hydrogen-bond donors (Lipinski definition) is 0. The minimum absolute atomic E-state index is 0. The number of pyridine rings is 4. The van der Waals surface area contributed by atoms with Gasteiger partial charge in [-0.05, 0) is 57.3 Å². The Bertz CT molecular complexity index is 1780. The molecule has 256 valence electrons. The van der Waals surface area contributed by atoms with E-state index in [1.165, 1.54) is 47.8 Å². The van der Waals surface area contributed by atoms with Crippen LogP contribution in [0.15, 0.2) is 73.6 Å². The van der Waals surface area contributed by atoms with Gasteiger partial charge in [0.2, 0.25) is 11.3 Å². The van der Waals surface area contributed by atoms with Gasteiger partial charge < -0.3 is 19.4 Å². The lowest BCUT2D eigenvalue weighted by molar-refractivity contribution is 0.138. The van der Waals surface area contributed by atoms with E-state index in [1.54, 1.807) is 61.4 Å². The van der Waals surface area contributed by atoms with Crippen molar-refractivity contribution in [2.24, 2.45) is 0 Å². The molecule has 0 atom stereocenters. The highest BCUT2D eigenvalue weighted by atomic mass is 16.7. The summed E-state index contributed by atoms with van der Waals surface area (Å²) in [6.45, 7) is 0. The van der Waals surface area contributed by atoms with E-state index in [1.807, 2.05) is 12.1 Å². The second kappa shape index (κ2) is 19.0. The van der Waals surface area contributed by atoms with Gasteiger partial charge in [-0.25, -0.2) is 9.97 Å². The fraction of sp³-hybridized carbons (Fsp3) is 0.286. The average molecular weight is 665 g/mol. The fourth-order valence-electron chi connectivity index (χ4n) is 3.52. The third kappa shape index (κ3) is 8.77. The molecule has 8 heterocycles. The lowest BCUT2D eigenvalue weighted by atomic mass is 10.4. The molecule has 0 radical (unpaired) electrons. The van der Waals surface area contributed by atoms with Crippen molar-refractivity contribution in [1.29, 1.82) is 0 Å². The Hall–Kier alpha value is -6.60. The van der Waals surface area contributed by atoms with Crippen LogP contribution in [0.4, 0.5) is 0 Å². The molecule has 0 fully saturated rings. The Balaban J connectivity index is 0.000000311. The molecule has 0 aliphatic heterocycles. The van der Waals surface area contributed by atoms with Crippen LogP contribution in [0.3, 0.4) is 0 Å². The molecule has 8 aromatic heterocycles. The highest BCUT2D eigenvalue weighted by Gasteiger charge is 2.04. The molecule has 0 saturated heterocycles. The highest BCUT2D eigenvalue weighted by Crippen LogP contribution is 2.07. The largest absolute Gasteiger partial charge is 0.398 e. The van der Waals surface area contributed by atoms with E-state index in [9.17, 15) is 0 Å². The van der Waals surface area contributed by atoms with Gasteiger partial charge in [-0.1, -0.05) is 49.1 Å². The Morgan fingerprint density at radius 1 is 0.458 bits per heavy atom. The van der Waals surface area contributed by atoms with E-state index in [4.69, 9.17) is 19.4 Å². The van der Waals surface area contributed by atoms with E-state index >= 15 is 0 Å². The first kappa shape index (κ1) is 39.4. The summed E-state index contributed by atoms with van der Waals surface area (Å²) >= 11 is 0. The molecular formula is C28H40N16O4. The van der Waals surface area contributed by atoms with Crippen LogP contribution in [0, 0.1) is 0 Å². The zero-order valence-electron chi connectivity index (χ0n) is 23.7. The first-order valence-electron chi connectivity index (χ1n) is 12.5. The van der Waals surface area contributed by atoms with Gasteiger partial charge in [-0.3, -0.25) is 9.97 Å². The fourth-order valence-corrected chi connectivity index (χ4v) is 3.52. The average Bonchev–Trinajstić information content (AvgIpc) is 3.89. The maximum absolute atomic E-state index is 4.88. The SMILES string of the molecule is C.C.C.C.COn1nnc2cccnc21.COn1nnc2ccncc21.COn1nnc2cnccc21.COn1nnc2ncccc21. The van der Waals surface area contributed by atoms with E-state index in [0.717, 1.165) is 33.1 Å². The van der Waals surface area contributed by atoms with Crippen LogP contribution in [0.25, 0.3) is 44.4 Å². The topological polar surface area (TPSA) is 211 Å². The smallest absolute Gasteiger partial charge is 0.219 e. The number of rotatable bonds is 4. The van der Waals surface area contributed by atoms with Crippen molar-refractivity contribution in [3.8, 4) is 0 Å². The highest BCUT2D eigenvalue weighted by molar-refractivity contribution is 5.72. The Morgan fingerprint density at radius 3 is 1.73 bits per heavy atom. The van der Waals surface area contributed by atoms with Gasteiger partial charge in [0.15, 0.2) is 0 Å². The van der Waals surface area contributed by atoms with Gasteiger partial charge in [-0.15, -0.1) is 20.4 Å². The van der Waals surface area contributed by atoms with Gasteiger partial charge in [0.1, 0.15) is 61.5 Å². The number of fused-ring (bicyclic) bond motifs is 4. The standard InChI is InChI=1S/4C6H6N4O.4CH4/c1-11-10-6-2-3-7-4-5(6)8-9-10;1-11-10-6-4-7-3-2-5(6)8-9-10;1-11-10-5-3-2-4-7-6(5)8-9-10;1-11-10-6-5(8-9-10)3-2-4-7-6;;;;/h4*2-4H,1H3;4*1H4. The summed E-state index contributed by atoms with van der Waals surface area (Å²) < 4.78 is 0. The number of nitrogens with zero attached hydrogens (tertiary/aromatic N) is 16. The molecule has 20 heteroatoms. The Morgan fingerprint density at radius 2 is 1.00 bits per heavy atom. The summed E-state index contributed by atoms with van der Waals surface area (Å²) in [5.74, 6) is 0. The summed E-state index contributed by atoms with van der Waals surface area (Å²) in [6.07, 6.45) is 9.95. The third-order valence-corrected chi connectivity index (χ3v) is 5.50. The van der Waals surface area contributed by atoms with Gasteiger partial charge in [0.25, 0.3) is 0 Å². The lowest BCUT2D eigenvalue weighted by Gasteiger charge is -1.95. The summed E-state index contributed by atoms with van der Waals surface area (Å²) in [5, 5.41) is 30.1. The van der Waals surface area contributed by atoms with Crippen molar-refractivity contribution >= 4 is 44.4 Å². The minimum atomic E-state index is 0. The summed E-state index contributed by atoms with van der Waals surface area (Å²) in [4.78, 5) is 40.5. The Labute approximate surface area is 276 Å². The van der Waals surface area contributed by atoms with Crippen molar-refractivity contribution in [3.63, 3.8) is 0 Å². The predicted molar refractivity (Wildman–Crippen MR) is 178 cm³/mol. The minimum Gasteiger partial charge on any atom is -0.398 e. The van der Waals surface area contributed by atoms with Crippen LogP contribution in [-0.2, 0) is 0 Å². The zero-order valence-corrected chi connectivity index (χ0v) is 23.7. The van der Waals surface area contributed by atoms with E-state index in [2.05, 4.69) is 61.2 Å². The summed E-state index contributed by atoms with van der Waals surface area (Å²) in [5.41, 5.74) is 5.84. The van der Waals surface area contributed by atoms with E-state index in [0.29, 0.717) is 11.3 Å². The molecule has 0 unspecified atom stereocenters. The first-order valence-corrected chi connectivity index (χ1v) is 12.5. The first-order chi connectivity index (χ1) is 21.7. The van der Waals surface area contributed by atoms with E-state index in [-0.39, 0.29) is 29.7 Å². The normalized spacial score (nSPS) is 9.42. The summed E-state index contributed by atoms with van der Waals surface area (Å²) in [7, 11) is 6.11. The maximum Gasteiger partial charge on any atom is 0.219 e. The molecule has 0 bridgehead atoms. The van der Waals surface area contributed by atoms with Gasteiger partial charge in [0.05, 0.1) is 12.4 Å². The molecule has 0 aliphatic carbocycles. The Kier molecular flexibility index (Phi) is 15.6. The quantitative estimate of drug-likeness (QED) is 0.263. The van der Waals surface area contributed by atoms with Crippen LogP contribution in [-0.4, -0.2) is 109 Å². The van der Waals surface area contributed by atoms with Crippen molar-refractivity contribution in [2.75, 3.05) is 28.4 Å². The van der Waals surface area contributed by atoms with Gasteiger partial charge >= 0.3 is 0 Å². The predicted octanol–water partition coefficient (Wildman–Crippen LogP) is 2.08. The van der Waals surface area contributed by atoms with Crippen LogP contribution < -0.4 is 19.4 Å². The van der Waals surface area contributed by atoms with Crippen LogP contribution in [0.5, 0.6) is 0 Å². The molecule has 0 N–H and O–H groups in total. The van der Waals surface area contributed by atoms with Crippen molar-refractivity contribution < 1.29 is 19.4 Å². The maximum atomic E-state index is 4.88. The monoisotopic (exact) mass is 664 g/mol. The molecule has 8 aromatic rings. The molecule has 0 saturated carbocycles. The van der Waals surface area contributed by atoms with Crippen LogP contribution >= 0.6 is 0 Å². The van der Waals surface area contributed by atoms with E-state index < -0.39 is 0 Å². The van der Waals surface area contributed by atoms with Crippen molar-refractivity contribution in [3.05, 3.63) is 73.6 Å². The molecular weight excluding hydrogens is 624 g/mol. The van der Waals surface area contributed by atoms with Gasteiger partial charge in [-0.2, -0.15) is 0 Å². The molecule has 8 rings (SSSR count). The molecule has 0 spiro atoms. The molecule has 0 amide bonds.